The van der Waals surface area contributed by atoms with E-state index < -0.39 is 0 Å². The summed E-state index contributed by atoms with van der Waals surface area (Å²) >= 11 is 0. The Morgan fingerprint density at radius 2 is 2.42 bits per heavy atom. The van der Waals surface area contributed by atoms with E-state index in [2.05, 4.69) is 16.9 Å². The van der Waals surface area contributed by atoms with Crippen LogP contribution < -0.4 is 16.0 Å². The first-order valence-electron chi connectivity index (χ1n) is 3.64. The molecule has 0 saturated heterocycles. The van der Waals surface area contributed by atoms with Crippen LogP contribution in [0.2, 0.25) is 0 Å². The van der Waals surface area contributed by atoms with E-state index in [9.17, 15) is 0 Å². The van der Waals surface area contributed by atoms with Gasteiger partial charge in [-0.1, -0.05) is 6.58 Å². The molecule has 0 spiro atoms. The van der Waals surface area contributed by atoms with Gasteiger partial charge in [-0.2, -0.15) is 0 Å². The lowest BCUT2D eigenvalue weighted by Gasteiger charge is -2.10. The van der Waals surface area contributed by atoms with Crippen LogP contribution in [0.15, 0.2) is 24.7 Å². The van der Waals surface area contributed by atoms with Crippen LogP contribution in [0, 0.1) is 0 Å². The fourth-order valence-electron chi connectivity index (χ4n) is 1.25. The molecule has 2 rings (SSSR count). The Labute approximate surface area is 70.7 Å². The van der Waals surface area contributed by atoms with Crippen molar-refractivity contribution < 1.29 is 0 Å². The van der Waals surface area contributed by atoms with Gasteiger partial charge < -0.3 is 16.0 Å². The molecule has 0 bridgehead atoms. The Kier molecular flexibility index (Phi) is 1.24. The van der Waals surface area contributed by atoms with Crippen LogP contribution in [0.4, 0.5) is 17.2 Å². The second kappa shape index (κ2) is 2.14. The SMILES string of the molecule is C=C1Nc2c(ccnc2N)N1C. The van der Waals surface area contributed by atoms with Crippen molar-refractivity contribution in [1.82, 2.24) is 4.98 Å². The van der Waals surface area contributed by atoms with Crippen LogP contribution in [0.25, 0.3) is 0 Å². The minimum absolute atomic E-state index is 0.512. The number of nitrogens with one attached hydrogen (secondary N) is 1. The molecule has 0 fully saturated rings. The third-order valence-corrected chi connectivity index (χ3v) is 1.99. The summed E-state index contributed by atoms with van der Waals surface area (Å²) in [6.07, 6.45) is 1.69. The zero-order valence-electron chi connectivity index (χ0n) is 6.83. The normalized spacial score (nSPS) is 14.4. The molecule has 1 aromatic heterocycles. The quantitative estimate of drug-likeness (QED) is 0.597. The number of aromatic nitrogens is 1. The molecule has 1 aliphatic heterocycles. The number of nitrogens with zero attached hydrogens (tertiary/aromatic N) is 2. The predicted octanol–water partition coefficient (Wildman–Crippen LogP) is 0.997. The average Bonchev–Trinajstić information content (AvgIpc) is 2.32. The van der Waals surface area contributed by atoms with Crippen molar-refractivity contribution in [3.05, 3.63) is 24.7 Å². The van der Waals surface area contributed by atoms with E-state index in [0.717, 1.165) is 17.2 Å². The van der Waals surface area contributed by atoms with E-state index in [1.165, 1.54) is 0 Å². The van der Waals surface area contributed by atoms with Gasteiger partial charge in [0.05, 0.1) is 5.69 Å². The number of nitrogen functional groups attached to an aromatic ring is 1. The third-order valence-electron chi connectivity index (χ3n) is 1.99. The van der Waals surface area contributed by atoms with Crippen LogP contribution in [0.5, 0.6) is 0 Å². The van der Waals surface area contributed by atoms with Crippen molar-refractivity contribution >= 4 is 17.2 Å². The summed E-state index contributed by atoms with van der Waals surface area (Å²) in [6.45, 7) is 3.82. The zero-order chi connectivity index (χ0) is 8.72. The van der Waals surface area contributed by atoms with Crippen LogP contribution >= 0.6 is 0 Å². The molecule has 0 aromatic carbocycles. The minimum atomic E-state index is 0.512. The molecule has 0 saturated carbocycles. The number of pyridine rings is 1. The van der Waals surface area contributed by atoms with Gasteiger partial charge in [0.15, 0.2) is 0 Å². The lowest BCUT2D eigenvalue weighted by atomic mass is 10.3. The molecule has 12 heavy (non-hydrogen) atoms. The molecule has 0 amide bonds. The Balaban J connectivity index is 2.60. The number of nitrogens with two attached hydrogens (primary N) is 1. The number of hydrogen-bond donors (Lipinski definition) is 2. The molecule has 4 nitrogen and oxygen atoms in total. The number of rotatable bonds is 0. The Morgan fingerprint density at radius 3 is 3.08 bits per heavy atom. The van der Waals surface area contributed by atoms with Crippen molar-refractivity contribution in [3.63, 3.8) is 0 Å². The molecule has 1 aromatic rings. The highest BCUT2D eigenvalue weighted by Crippen LogP contribution is 2.37. The summed E-state index contributed by atoms with van der Waals surface area (Å²) in [4.78, 5) is 5.91. The Bertz CT molecular complexity index is 345. The van der Waals surface area contributed by atoms with Gasteiger partial charge in [0.25, 0.3) is 0 Å². The van der Waals surface area contributed by atoms with Crippen molar-refractivity contribution in [3.8, 4) is 0 Å². The zero-order valence-corrected chi connectivity index (χ0v) is 6.83. The standard InChI is InChI=1S/C8H10N4/c1-5-11-7-6(12(5)2)3-4-10-8(7)9/h3-4,11H,1H2,2H3,(H2,9,10). The second-order valence-electron chi connectivity index (χ2n) is 2.72. The Morgan fingerprint density at radius 1 is 1.67 bits per heavy atom. The van der Waals surface area contributed by atoms with Gasteiger partial charge in [-0.25, -0.2) is 4.98 Å². The summed E-state index contributed by atoms with van der Waals surface area (Å²) in [6, 6.07) is 1.90. The number of anilines is 3. The first-order chi connectivity index (χ1) is 5.70. The van der Waals surface area contributed by atoms with Crippen molar-refractivity contribution in [2.45, 2.75) is 0 Å². The summed E-state index contributed by atoms with van der Waals surface area (Å²) in [7, 11) is 1.93. The van der Waals surface area contributed by atoms with Gasteiger partial charge in [-0.3, -0.25) is 0 Å². The molecule has 2 heterocycles. The topological polar surface area (TPSA) is 54.2 Å². The van der Waals surface area contributed by atoms with E-state index in [-0.39, 0.29) is 0 Å². The molecule has 62 valence electrons. The second-order valence-corrected chi connectivity index (χ2v) is 2.72. The molecular formula is C8H10N4. The maximum Gasteiger partial charge on any atom is 0.149 e. The summed E-state index contributed by atoms with van der Waals surface area (Å²) in [5.74, 6) is 1.34. The third kappa shape index (κ3) is 0.747. The van der Waals surface area contributed by atoms with Crippen molar-refractivity contribution in [2.75, 3.05) is 23.0 Å². The molecule has 0 atom stereocenters. The highest BCUT2D eigenvalue weighted by atomic mass is 15.3. The molecule has 3 N–H and O–H groups in total. The number of fused-ring (bicyclic) bond motifs is 1. The van der Waals surface area contributed by atoms with Crippen LogP contribution in [-0.2, 0) is 0 Å². The minimum Gasteiger partial charge on any atom is -0.382 e. The maximum atomic E-state index is 5.65. The van der Waals surface area contributed by atoms with Gasteiger partial charge >= 0.3 is 0 Å². The van der Waals surface area contributed by atoms with Gasteiger partial charge in [-0.05, 0) is 6.07 Å². The Hall–Kier alpha value is -1.71. The van der Waals surface area contributed by atoms with E-state index in [0.29, 0.717) is 5.82 Å². The van der Waals surface area contributed by atoms with Gasteiger partial charge in [0, 0.05) is 13.2 Å². The van der Waals surface area contributed by atoms with Gasteiger partial charge in [0.1, 0.15) is 17.3 Å². The van der Waals surface area contributed by atoms with E-state index >= 15 is 0 Å². The lowest BCUT2D eigenvalue weighted by molar-refractivity contribution is 1.16. The summed E-state index contributed by atoms with van der Waals surface area (Å²) < 4.78 is 0. The molecule has 0 radical (unpaired) electrons. The largest absolute Gasteiger partial charge is 0.382 e. The number of hydrogen-bond acceptors (Lipinski definition) is 4. The summed E-state index contributed by atoms with van der Waals surface area (Å²) in [5, 5.41) is 3.06. The maximum absolute atomic E-state index is 5.65. The van der Waals surface area contributed by atoms with Crippen molar-refractivity contribution in [1.29, 1.82) is 0 Å². The first kappa shape index (κ1) is 6.97. The van der Waals surface area contributed by atoms with E-state index in [1.54, 1.807) is 6.20 Å². The fourth-order valence-corrected chi connectivity index (χ4v) is 1.25. The monoisotopic (exact) mass is 162 g/mol. The van der Waals surface area contributed by atoms with Crippen molar-refractivity contribution in [2.24, 2.45) is 0 Å². The molecule has 0 unspecified atom stereocenters. The van der Waals surface area contributed by atoms with Gasteiger partial charge in [0.2, 0.25) is 0 Å². The fraction of sp³-hybridized carbons (Fsp3) is 0.125. The molecular weight excluding hydrogens is 152 g/mol. The average molecular weight is 162 g/mol. The molecule has 4 heteroatoms. The van der Waals surface area contributed by atoms with Gasteiger partial charge in [-0.15, -0.1) is 0 Å². The highest BCUT2D eigenvalue weighted by Gasteiger charge is 2.20. The van der Waals surface area contributed by atoms with Crippen LogP contribution in [-0.4, -0.2) is 12.0 Å². The smallest absolute Gasteiger partial charge is 0.149 e. The summed E-state index contributed by atoms with van der Waals surface area (Å²) in [5.41, 5.74) is 7.53. The van der Waals surface area contributed by atoms with E-state index in [4.69, 9.17) is 5.73 Å². The van der Waals surface area contributed by atoms with Crippen LogP contribution in [0.1, 0.15) is 0 Å². The lowest BCUT2D eigenvalue weighted by Crippen LogP contribution is -2.12. The highest BCUT2D eigenvalue weighted by molar-refractivity contribution is 5.86. The predicted molar refractivity (Wildman–Crippen MR) is 49.8 cm³/mol. The van der Waals surface area contributed by atoms with E-state index in [1.807, 2.05) is 18.0 Å². The molecule has 0 aliphatic carbocycles. The van der Waals surface area contributed by atoms with Crippen LogP contribution in [0.3, 0.4) is 0 Å². The first-order valence-corrected chi connectivity index (χ1v) is 3.64. The molecule has 1 aliphatic rings.